The van der Waals surface area contributed by atoms with Crippen LogP contribution in [0.3, 0.4) is 0 Å². The van der Waals surface area contributed by atoms with E-state index >= 15 is 8.78 Å². The van der Waals surface area contributed by atoms with Gasteiger partial charge in [-0.25, -0.2) is 13.6 Å². The van der Waals surface area contributed by atoms with Gasteiger partial charge in [0.1, 0.15) is 29.7 Å². The summed E-state index contributed by atoms with van der Waals surface area (Å²) in [5, 5.41) is 20.7. The van der Waals surface area contributed by atoms with Crippen molar-refractivity contribution < 1.29 is 33.0 Å². The van der Waals surface area contributed by atoms with Crippen LogP contribution in [0.25, 0.3) is 0 Å². The van der Waals surface area contributed by atoms with Crippen molar-refractivity contribution >= 4 is 41.0 Å². The van der Waals surface area contributed by atoms with E-state index in [0.29, 0.717) is 5.56 Å². The van der Waals surface area contributed by atoms with E-state index in [9.17, 15) is 24.8 Å². The lowest BCUT2D eigenvalue weighted by Crippen LogP contribution is -2.47. The highest BCUT2D eigenvalue weighted by Crippen LogP contribution is 2.55. The third-order valence-electron chi connectivity index (χ3n) is 7.77. The van der Waals surface area contributed by atoms with Gasteiger partial charge in [0.15, 0.2) is 0 Å². The van der Waals surface area contributed by atoms with Gasteiger partial charge >= 0.3 is 5.97 Å². The lowest BCUT2D eigenvalue weighted by molar-refractivity contribution is -0.152. The fraction of sp³-hybridized carbons (Fsp3) is 0.290. The molecule has 1 aliphatic heterocycles. The number of primary amides is 1. The number of benzene rings is 3. The number of hydrogen-bond acceptors (Lipinski definition) is 6. The SMILES string of the molecule is Cc1ccccc1C(=O)N1[C@@H](C)[C@](C#N)(c2ccc(Cl)cc2F)[C@@H](c2cccc(Cl)c2F)[C@@H]1C(=O)OCC(O)CC(N)=O. The number of nitrogens with two attached hydrogens (primary N) is 1. The average Bonchev–Trinajstić information content (AvgIpc) is 3.21. The second kappa shape index (κ2) is 12.7. The summed E-state index contributed by atoms with van der Waals surface area (Å²) in [6.07, 6.45) is -2.00. The predicted molar refractivity (Wildman–Crippen MR) is 154 cm³/mol. The molecule has 1 fully saturated rings. The maximum atomic E-state index is 15.8. The van der Waals surface area contributed by atoms with Crippen LogP contribution < -0.4 is 5.73 Å². The minimum atomic E-state index is -2.08. The molecule has 1 aliphatic rings. The number of carbonyl (C=O) groups excluding carboxylic acids is 3. The molecule has 0 aromatic heterocycles. The predicted octanol–water partition coefficient (Wildman–Crippen LogP) is 4.82. The van der Waals surface area contributed by atoms with Crippen molar-refractivity contribution in [3.8, 4) is 6.07 Å². The molecule has 5 atom stereocenters. The summed E-state index contributed by atoms with van der Waals surface area (Å²) in [5.41, 5.74) is 3.30. The van der Waals surface area contributed by atoms with Crippen molar-refractivity contribution in [2.24, 2.45) is 5.73 Å². The smallest absolute Gasteiger partial charge is 0.329 e. The zero-order valence-corrected chi connectivity index (χ0v) is 24.6. The Kier molecular flexibility index (Phi) is 9.40. The molecular formula is C31H27Cl2F2N3O5. The van der Waals surface area contributed by atoms with Crippen LogP contribution in [0, 0.1) is 29.9 Å². The number of aliphatic hydroxyl groups is 1. The van der Waals surface area contributed by atoms with Gasteiger partial charge in [0.2, 0.25) is 5.91 Å². The minimum Gasteiger partial charge on any atom is -0.461 e. The summed E-state index contributed by atoms with van der Waals surface area (Å²) < 4.78 is 36.9. The van der Waals surface area contributed by atoms with Crippen molar-refractivity contribution in [2.75, 3.05) is 6.61 Å². The van der Waals surface area contributed by atoms with Crippen molar-refractivity contribution in [1.29, 1.82) is 5.26 Å². The monoisotopic (exact) mass is 629 g/mol. The van der Waals surface area contributed by atoms with E-state index in [-0.39, 0.29) is 26.7 Å². The summed E-state index contributed by atoms with van der Waals surface area (Å²) in [6, 6.07) is 13.2. The first-order valence-corrected chi connectivity index (χ1v) is 13.9. The molecule has 0 aliphatic carbocycles. The van der Waals surface area contributed by atoms with Gasteiger partial charge in [0.05, 0.1) is 29.7 Å². The molecule has 3 aromatic carbocycles. The van der Waals surface area contributed by atoms with E-state index < -0.39 is 72.0 Å². The number of amides is 2. The Morgan fingerprint density at radius 1 is 1.14 bits per heavy atom. The normalized spacial score (nSPS) is 22.1. The Morgan fingerprint density at radius 3 is 2.47 bits per heavy atom. The Balaban J connectivity index is 2.01. The molecule has 0 bridgehead atoms. The fourth-order valence-corrected chi connectivity index (χ4v) is 6.15. The molecule has 1 heterocycles. The highest BCUT2D eigenvalue weighted by Gasteiger charge is 2.65. The molecule has 3 aromatic rings. The van der Waals surface area contributed by atoms with Crippen LogP contribution in [-0.4, -0.2) is 52.6 Å². The molecule has 0 radical (unpaired) electrons. The van der Waals surface area contributed by atoms with Crippen LogP contribution in [0.2, 0.25) is 10.0 Å². The molecule has 12 heteroatoms. The number of likely N-dealkylation sites (tertiary alicyclic amines) is 1. The highest BCUT2D eigenvalue weighted by atomic mass is 35.5. The maximum Gasteiger partial charge on any atom is 0.329 e. The fourth-order valence-electron chi connectivity index (χ4n) is 5.81. The molecule has 1 unspecified atom stereocenters. The molecule has 1 saturated heterocycles. The first-order chi connectivity index (χ1) is 20.3. The largest absolute Gasteiger partial charge is 0.461 e. The molecular weight excluding hydrogens is 603 g/mol. The lowest BCUT2D eigenvalue weighted by Gasteiger charge is -2.34. The standard InChI is InChI=1S/C31H27Cl2F2N3O5/c1-16-6-3-4-7-20(16)29(41)38-17(2)31(15-36,22-11-10-18(32)12-24(22)34)26(21-8-5-9-23(33)27(21)35)28(38)30(42)43-14-19(39)13-25(37)40/h3-12,17,19,26,28,39H,13-14H2,1-2H3,(H2,37,40)/t17-,19?,26-,28+,31+/m0/s1. The van der Waals surface area contributed by atoms with E-state index in [0.717, 1.165) is 11.0 Å². The van der Waals surface area contributed by atoms with Crippen LogP contribution in [0.15, 0.2) is 60.7 Å². The van der Waals surface area contributed by atoms with Gasteiger partial charge in [-0.2, -0.15) is 5.26 Å². The van der Waals surface area contributed by atoms with Gasteiger partial charge in [0.25, 0.3) is 5.91 Å². The van der Waals surface area contributed by atoms with E-state index in [2.05, 4.69) is 6.07 Å². The molecule has 0 saturated carbocycles. The van der Waals surface area contributed by atoms with Gasteiger partial charge in [-0.1, -0.05) is 59.6 Å². The minimum absolute atomic E-state index is 0.0257. The molecule has 4 rings (SSSR count). The lowest BCUT2D eigenvalue weighted by atomic mass is 9.65. The van der Waals surface area contributed by atoms with Crippen molar-refractivity contribution in [3.63, 3.8) is 0 Å². The first kappa shape index (κ1) is 31.9. The summed E-state index contributed by atoms with van der Waals surface area (Å²) in [5.74, 6) is -6.14. The third-order valence-corrected chi connectivity index (χ3v) is 8.29. The second-order valence-corrected chi connectivity index (χ2v) is 11.2. The molecule has 2 amide bonds. The number of nitriles is 1. The zero-order valence-electron chi connectivity index (χ0n) is 23.1. The number of nitrogens with zero attached hydrogens (tertiary/aromatic N) is 2. The van der Waals surface area contributed by atoms with Gasteiger partial charge in [-0.15, -0.1) is 0 Å². The Bertz CT molecular complexity index is 1630. The number of carbonyl (C=O) groups is 3. The summed E-state index contributed by atoms with van der Waals surface area (Å²) in [4.78, 5) is 40.5. The molecule has 224 valence electrons. The summed E-state index contributed by atoms with van der Waals surface area (Å²) >= 11 is 12.1. The second-order valence-electron chi connectivity index (χ2n) is 10.3. The summed E-state index contributed by atoms with van der Waals surface area (Å²) in [7, 11) is 0. The van der Waals surface area contributed by atoms with Crippen LogP contribution in [0.5, 0.6) is 0 Å². The van der Waals surface area contributed by atoms with E-state index in [4.69, 9.17) is 33.7 Å². The maximum absolute atomic E-state index is 15.8. The van der Waals surface area contributed by atoms with Crippen molar-refractivity contribution in [3.05, 3.63) is 105 Å². The zero-order chi connectivity index (χ0) is 31.6. The van der Waals surface area contributed by atoms with Crippen LogP contribution in [-0.2, 0) is 19.7 Å². The van der Waals surface area contributed by atoms with E-state index in [1.165, 1.54) is 43.3 Å². The van der Waals surface area contributed by atoms with Gasteiger partial charge in [-0.05, 0) is 49.2 Å². The third kappa shape index (κ3) is 5.80. The van der Waals surface area contributed by atoms with E-state index in [1.54, 1.807) is 25.1 Å². The van der Waals surface area contributed by atoms with Crippen LogP contribution in [0.4, 0.5) is 8.78 Å². The Hall–Kier alpha value is -4.04. The molecule has 8 nitrogen and oxygen atoms in total. The van der Waals surface area contributed by atoms with Crippen molar-refractivity contribution in [2.45, 2.75) is 49.8 Å². The van der Waals surface area contributed by atoms with Crippen LogP contribution in [0.1, 0.15) is 46.3 Å². The number of rotatable bonds is 8. The van der Waals surface area contributed by atoms with Crippen LogP contribution >= 0.6 is 23.2 Å². The quantitative estimate of drug-likeness (QED) is 0.343. The van der Waals surface area contributed by atoms with Crippen molar-refractivity contribution in [1.82, 2.24) is 4.90 Å². The summed E-state index contributed by atoms with van der Waals surface area (Å²) in [6.45, 7) is 2.43. The number of esters is 1. The molecule has 43 heavy (non-hydrogen) atoms. The van der Waals surface area contributed by atoms with Gasteiger partial charge in [-0.3, -0.25) is 9.59 Å². The topological polar surface area (TPSA) is 134 Å². The first-order valence-electron chi connectivity index (χ1n) is 13.2. The van der Waals surface area contributed by atoms with E-state index in [1.807, 2.05) is 0 Å². The number of aliphatic hydroxyl groups excluding tert-OH is 1. The Morgan fingerprint density at radius 2 is 1.84 bits per heavy atom. The Labute approximate surface area is 256 Å². The number of halogens is 4. The number of aryl methyl sites for hydroxylation is 1. The average molecular weight is 630 g/mol. The highest BCUT2D eigenvalue weighted by molar-refractivity contribution is 6.31. The number of hydrogen-bond donors (Lipinski definition) is 2. The van der Waals surface area contributed by atoms with Gasteiger partial charge < -0.3 is 20.5 Å². The molecule has 0 spiro atoms. The molecule has 3 N–H and O–H groups in total. The number of ether oxygens (including phenoxy) is 1. The van der Waals surface area contributed by atoms with Gasteiger partial charge in [0, 0.05) is 22.1 Å².